The van der Waals surface area contributed by atoms with Crippen LogP contribution in [-0.4, -0.2) is 24.2 Å². The SMILES string of the molecule is CCN1CCN[S+]([O-])c2ccccc21. The summed E-state index contributed by atoms with van der Waals surface area (Å²) in [4.78, 5) is 3.14. The van der Waals surface area contributed by atoms with Crippen molar-refractivity contribution in [2.24, 2.45) is 0 Å². The molecule has 4 heteroatoms. The van der Waals surface area contributed by atoms with E-state index in [1.54, 1.807) is 0 Å². The van der Waals surface area contributed by atoms with Gasteiger partial charge in [-0.15, -0.1) is 4.72 Å². The molecule has 1 atom stereocenters. The molecule has 0 saturated carbocycles. The molecule has 14 heavy (non-hydrogen) atoms. The number of hydrogen-bond acceptors (Lipinski definition) is 3. The summed E-state index contributed by atoms with van der Waals surface area (Å²) in [6.45, 7) is 4.76. The summed E-state index contributed by atoms with van der Waals surface area (Å²) < 4.78 is 14.7. The van der Waals surface area contributed by atoms with Crippen LogP contribution in [0.15, 0.2) is 29.2 Å². The van der Waals surface area contributed by atoms with Crippen molar-refractivity contribution in [2.75, 3.05) is 24.5 Å². The molecule has 0 radical (unpaired) electrons. The van der Waals surface area contributed by atoms with Gasteiger partial charge in [0.25, 0.3) is 0 Å². The zero-order chi connectivity index (χ0) is 9.97. The van der Waals surface area contributed by atoms with E-state index in [1.165, 1.54) is 0 Å². The zero-order valence-corrected chi connectivity index (χ0v) is 9.01. The third-order valence-corrected chi connectivity index (χ3v) is 3.61. The maximum absolute atomic E-state index is 11.7. The summed E-state index contributed by atoms with van der Waals surface area (Å²) in [5.41, 5.74) is 1.10. The highest BCUT2D eigenvalue weighted by Crippen LogP contribution is 2.26. The Balaban J connectivity index is 2.41. The number of nitrogens with zero attached hydrogens (tertiary/aromatic N) is 1. The van der Waals surface area contributed by atoms with Crippen molar-refractivity contribution in [3.8, 4) is 0 Å². The Kier molecular flexibility index (Phi) is 2.96. The van der Waals surface area contributed by atoms with E-state index >= 15 is 0 Å². The van der Waals surface area contributed by atoms with E-state index in [2.05, 4.69) is 16.5 Å². The van der Waals surface area contributed by atoms with Crippen molar-refractivity contribution in [1.29, 1.82) is 0 Å². The zero-order valence-electron chi connectivity index (χ0n) is 8.19. The molecule has 2 rings (SSSR count). The van der Waals surface area contributed by atoms with Crippen LogP contribution in [0.25, 0.3) is 0 Å². The largest absolute Gasteiger partial charge is 0.593 e. The molecule has 0 aromatic heterocycles. The van der Waals surface area contributed by atoms with Gasteiger partial charge < -0.3 is 9.45 Å². The second kappa shape index (κ2) is 4.21. The standard InChI is InChI=1S/C10H14N2OS/c1-2-12-8-7-11-14(13)10-6-4-3-5-9(10)12/h3-6,11H,2,7-8H2,1H3. The van der Waals surface area contributed by atoms with Gasteiger partial charge in [0.05, 0.1) is 23.6 Å². The third kappa shape index (κ3) is 1.73. The first-order valence-electron chi connectivity index (χ1n) is 4.82. The number of rotatable bonds is 1. The molecule has 0 saturated heterocycles. The highest BCUT2D eigenvalue weighted by Gasteiger charge is 2.23. The minimum absolute atomic E-state index is 0.773. The Hall–Kier alpha value is -0.710. The summed E-state index contributed by atoms with van der Waals surface area (Å²) in [6, 6.07) is 7.87. The fourth-order valence-corrected chi connectivity index (χ4v) is 2.70. The molecular weight excluding hydrogens is 196 g/mol. The van der Waals surface area contributed by atoms with Gasteiger partial charge >= 0.3 is 0 Å². The van der Waals surface area contributed by atoms with Gasteiger partial charge in [-0.2, -0.15) is 0 Å². The van der Waals surface area contributed by atoms with Gasteiger partial charge in [-0.1, -0.05) is 12.1 Å². The lowest BCUT2D eigenvalue weighted by Gasteiger charge is -2.20. The Labute approximate surface area is 87.4 Å². The molecule has 0 spiro atoms. The number of hydrogen-bond donors (Lipinski definition) is 1. The Morgan fingerprint density at radius 1 is 1.50 bits per heavy atom. The van der Waals surface area contributed by atoms with E-state index in [4.69, 9.17) is 0 Å². The minimum atomic E-state index is -1.05. The number of para-hydroxylation sites is 1. The van der Waals surface area contributed by atoms with Crippen LogP contribution in [0.5, 0.6) is 0 Å². The molecule has 1 aromatic carbocycles. The molecule has 0 fully saturated rings. The van der Waals surface area contributed by atoms with Crippen molar-refractivity contribution < 1.29 is 4.55 Å². The quantitative estimate of drug-likeness (QED) is 0.706. The third-order valence-electron chi connectivity index (χ3n) is 2.40. The van der Waals surface area contributed by atoms with Gasteiger partial charge in [0.15, 0.2) is 4.90 Å². The lowest BCUT2D eigenvalue weighted by Crippen LogP contribution is -2.29. The van der Waals surface area contributed by atoms with E-state index in [-0.39, 0.29) is 0 Å². The Morgan fingerprint density at radius 2 is 2.29 bits per heavy atom. The normalized spacial score (nSPS) is 21.6. The fourth-order valence-electron chi connectivity index (χ4n) is 1.68. The number of nitrogens with one attached hydrogen (secondary N) is 1. The summed E-state index contributed by atoms with van der Waals surface area (Å²) in [5.74, 6) is 0. The monoisotopic (exact) mass is 210 g/mol. The first-order chi connectivity index (χ1) is 6.83. The molecule has 0 amide bonds. The van der Waals surface area contributed by atoms with Gasteiger partial charge in [0.1, 0.15) is 0 Å². The van der Waals surface area contributed by atoms with Gasteiger partial charge in [0.2, 0.25) is 0 Å². The van der Waals surface area contributed by atoms with E-state index in [1.807, 2.05) is 24.3 Å². The van der Waals surface area contributed by atoms with Crippen LogP contribution in [0.1, 0.15) is 6.92 Å². The molecule has 1 aliphatic heterocycles. The number of benzene rings is 1. The molecule has 1 aliphatic rings. The van der Waals surface area contributed by atoms with Crippen LogP contribution in [0.2, 0.25) is 0 Å². The summed E-state index contributed by atoms with van der Waals surface area (Å²) in [5, 5.41) is 0. The van der Waals surface area contributed by atoms with E-state index in [9.17, 15) is 4.55 Å². The first kappa shape index (κ1) is 9.83. The lowest BCUT2D eigenvalue weighted by atomic mass is 10.3. The van der Waals surface area contributed by atoms with Crippen LogP contribution in [0.3, 0.4) is 0 Å². The van der Waals surface area contributed by atoms with E-state index in [0.717, 1.165) is 30.2 Å². The summed E-state index contributed by atoms with van der Waals surface area (Å²) in [6.07, 6.45) is 0. The molecule has 0 bridgehead atoms. The second-order valence-corrected chi connectivity index (χ2v) is 4.48. The lowest BCUT2D eigenvalue weighted by molar-refractivity contribution is 0.584. The molecule has 1 aromatic rings. The minimum Gasteiger partial charge on any atom is -0.593 e. The van der Waals surface area contributed by atoms with Crippen LogP contribution < -0.4 is 9.62 Å². The molecule has 76 valence electrons. The highest BCUT2D eigenvalue weighted by molar-refractivity contribution is 7.89. The Morgan fingerprint density at radius 3 is 3.07 bits per heavy atom. The number of anilines is 1. The Bertz CT molecular complexity index is 319. The van der Waals surface area contributed by atoms with E-state index in [0.29, 0.717) is 0 Å². The van der Waals surface area contributed by atoms with Crippen molar-refractivity contribution >= 4 is 17.0 Å². The summed E-state index contributed by atoms with van der Waals surface area (Å²) in [7, 11) is 0. The van der Waals surface area contributed by atoms with Crippen molar-refractivity contribution in [3.63, 3.8) is 0 Å². The van der Waals surface area contributed by atoms with E-state index < -0.39 is 11.4 Å². The average molecular weight is 210 g/mol. The predicted octanol–water partition coefficient (Wildman–Crippen LogP) is 1.14. The molecule has 1 unspecified atom stereocenters. The van der Waals surface area contributed by atoms with Crippen LogP contribution in [-0.2, 0) is 11.4 Å². The maximum atomic E-state index is 11.7. The number of likely N-dealkylation sites (N-methyl/N-ethyl adjacent to an activating group) is 1. The topological polar surface area (TPSA) is 38.3 Å². The average Bonchev–Trinajstić information content (AvgIpc) is 2.39. The maximum Gasteiger partial charge on any atom is 0.197 e. The number of fused-ring (bicyclic) bond motifs is 1. The van der Waals surface area contributed by atoms with Crippen molar-refractivity contribution in [1.82, 2.24) is 4.72 Å². The smallest absolute Gasteiger partial charge is 0.197 e. The van der Waals surface area contributed by atoms with Gasteiger partial charge in [-0.05, 0) is 19.1 Å². The predicted molar refractivity (Wildman–Crippen MR) is 58.7 cm³/mol. The fraction of sp³-hybridized carbons (Fsp3) is 0.400. The van der Waals surface area contributed by atoms with Gasteiger partial charge in [-0.25, -0.2) is 0 Å². The van der Waals surface area contributed by atoms with Gasteiger partial charge in [-0.3, -0.25) is 0 Å². The highest BCUT2D eigenvalue weighted by atomic mass is 32.2. The van der Waals surface area contributed by atoms with Crippen molar-refractivity contribution in [2.45, 2.75) is 11.8 Å². The molecule has 3 nitrogen and oxygen atoms in total. The molecule has 1 heterocycles. The van der Waals surface area contributed by atoms with Crippen molar-refractivity contribution in [3.05, 3.63) is 24.3 Å². The van der Waals surface area contributed by atoms with Crippen LogP contribution in [0, 0.1) is 0 Å². The van der Waals surface area contributed by atoms with Crippen LogP contribution in [0.4, 0.5) is 5.69 Å². The summed E-state index contributed by atoms with van der Waals surface area (Å²) >= 11 is -1.05. The van der Waals surface area contributed by atoms with Crippen LogP contribution >= 0.6 is 0 Å². The molecule has 1 N–H and O–H groups in total. The first-order valence-corrected chi connectivity index (χ1v) is 5.97. The second-order valence-electron chi connectivity index (χ2n) is 3.21. The van der Waals surface area contributed by atoms with Gasteiger partial charge in [0, 0.05) is 13.1 Å². The molecule has 0 aliphatic carbocycles. The molecular formula is C10H14N2OS.